The maximum Gasteiger partial charge on any atom is 0.469 e. The molecule has 0 saturated carbocycles. The molecule has 0 radical (unpaired) electrons. The summed E-state index contributed by atoms with van der Waals surface area (Å²) in [6.07, 6.45) is 1.02. The van der Waals surface area contributed by atoms with Crippen molar-refractivity contribution < 1.29 is 18.9 Å². The summed E-state index contributed by atoms with van der Waals surface area (Å²) in [6, 6.07) is 0.417. The lowest BCUT2D eigenvalue weighted by atomic mass is 10.2. The Kier molecular flexibility index (Phi) is 6.57. The van der Waals surface area contributed by atoms with Crippen molar-refractivity contribution in [2.24, 2.45) is 0 Å². The minimum Gasteiger partial charge on any atom is -0.303 e. The van der Waals surface area contributed by atoms with E-state index in [-0.39, 0.29) is 6.61 Å². The first-order valence-electron chi connectivity index (χ1n) is 4.84. The largest absolute Gasteiger partial charge is 0.469 e. The fraction of sp³-hybridized carbons (Fsp3) is 1.00. The summed E-state index contributed by atoms with van der Waals surface area (Å²) >= 11 is 0. The summed E-state index contributed by atoms with van der Waals surface area (Å²) < 4.78 is 14.8. The topological polar surface area (TPSA) is 70.0 Å². The Balaban J connectivity index is 3.79. The van der Waals surface area contributed by atoms with Gasteiger partial charge in [0.25, 0.3) is 0 Å². The fourth-order valence-electron chi connectivity index (χ4n) is 1.23. The van der Waals surface area contributed by atoms with Crippen LogP contribution in [0.15, 0.2) is 0 Å². The Morgan fingerprint density at radius 2 is 2.00 bits per heavy atom. The number of hydrogen-bond donors (Lipinski definition) is 2. The van der Waals surface area contributed by atoms with Crippen LogP contribution in [0.2, 0.25) is 0 Å². The quantitative estimate of drug-likeness (QED) is 0.637. The summed E-state index contributed by atoms with van der Waals surface area (Å²) in [5.41, 5.74) is 0. The molecule has 2 N–H and O–H groups in total. The third-order valence-corrected chi connectivity index (χ3v) is 2.78. The maximum absolute atomic E-state index is 10.4. The Hall–Kier alpha value is 0.0700. The summed E-state index contributed by atoms with van der Waals surface area (Å²) in [6.45, 7) is 7.67. The normalized spacial score (nSPS) is 14.7. The van der Waals surface area contributed by atoms with E-state index in [9.17, 15) is 4.57 Å². The van der Waals surface area contributed by atoms with Crippen molar-refractivity contribution in [3.05, 3.63) is 0 Å². The SMILES string of the molecule is CCC(C)N(CC)CCOP(=O)(O)O. The van der Waals surface area contributed by atoms with Crippen LogP contribution in [0.25, 0.3) is 0 Å². The van der Waals surface area contributed by atoms with Crippen LogP contribution in [0, 0.1) is 0 Å². The van der Waals surface area contributed by atoms with Crippen molar-refractivity contribution in [2.75, 3.05) is 19.7 Å². The summed E-state index contributed by atoms with van der Waals surface area (Å²) in [5.74, 6) is 0. The monoisotopic (exact) mass is 225 g/mol. The summed E-state index contributed by atoms with van der Waals surface area (Å²) in [7, 11) is -4.30. The molecule has 86 valence electrons. The summed E-state index contributed by atoms with van der Waals surface area (Å²) in [5, 5.41) is 0. The molecular weight excluding hydrogens is 205 g/mol. The molecule has 1 atom stereocenters. The molecule has 0 aliphatic heterocycles. The van der Waals surface area contributed by atoms with Crippen molar-refractivity contribution in [3.8, 4) is 0 Å². The zero-order valence-corrected chi connectivity index (χ0v) is 9.91. The van der Waals surface area contributed by atoms with Gasteiger partial charge in [-0.25, -0.2) is 4.57 Å². The van der Waals surface area contributed by atoms with Gasteiger partial charge in [-0.3, -0.25) is 9.42 Å². The highest BCUT2D eigenvalue weighted by Crippen LogP contribution is 2.35. The van der Waals surface area contributed by atoms with Crippen LogP contribution in [0.4, 0.5) is 0 Å². The van der Waals surface area contributed by atoms with E-state index in [1.54, 1.807) is 0 Å². The molecule has 0 aromatic rings. The van der Waals surface area contributed by atoms with Gasteiger partial charge in [0.1, 0.15) is 0 Å². The number of phosphoric ester groups is 1. The second kappa shape index (κ2) is 6.53. The van der Waals surface area contributed by atoms with Gasteiger partial charge in [0.15, 0.2) is 0 Å². The van der Waals surface area contributed by atoms with Crippen LogP contribution in [-0.4, -0.2) is 40.4 Å². The molecule has 5 nitrogen and oxygen atoms in total. The molecule has 0 saturated heterocycles. The predicted octanol–water partition coefficient (Wildman–Crippen LogP) is 1.22. The highest BCUT2D eigenvalue weighted by Gasteiger charge is 2.15. The average Bonchev–Trinajstić information content (AvgIpc) is 2.09. The van der Waals surface area contributed by atoms with E-state index < -0.39 is 7.82 Å². The van der Waals surface area contributed by atoms with Gasteiger partial charge in [-0.05, 0) is 19.9 Å². The first-order valence-corrected chi connectivity index (χ1v) is 6.37. The van der Waals surface area contributed by atoms with Crippen molar-refractivity contribution in [3.63, 3.8) is 0 Å². The van der Waals surface area contributed by atoms with Gasteiger partial charge >= 0.3 is 7.82 Å². The van der Waals surface area contributed by atoms with Crippen molar-refractivity contribution >= 4 is 7.82 Å². The highest BCUT2D eigenvalue weighted by molar-refractivity contribution is 7.46. The first-order chi connectivity index (χ1) is 6.40. The van der Waals surface area contributed by atoms with E-state index in [1.165, 1.54) is 0 Å². The Bertz CT molecular complexity index is 194. The van der Waals surface area contributed by atoms with Crippen LogP contribution in [0.3, 0.4) is 0 Å². The van der Waals surface area contributed by atoms with Crippen LogP contribution >= 0.6 is 7.82 Å². The zero-order valence-electron chi connectivity index (χ0n) is 9.01. The molecule has 0 bridgehead atoms. The zero-order chi connectivity index (χ0) is 11.2. The minimum absolute atomic E-state index is 0.0719. The van der Waals surface area contributed by atoms with Crippen LogP contribution in [0.5, 0.6) is 0 Å². The van der Waals surface area contributed by atoms with Gasteiger partial charge in [0.05, 0.1) is 6.61 Å². The predicted molar refractivity (Wildman–Crippen MR) is 55.0 cm³/mol. The molecule has 0 rings (SSSR count). The number of rotatable bonds is 7. The smallest absolute Gasteiger partial charge is 0.303 e. The highest BCUT2D eigenvalue weighted by atomic mass is 31.2. The van der Waals surface area contributed by atoms with Gasteiger partial charge in [-0.2, -0.15) is 0 Å². The molecule has 14 heavy (non-hydrogen) atoms. The van der Waals surface area contributed by atoms with Crippen LogP contribution < -0.4 is 0 Å². The molecular formula is C8H20NO4P. The van der Waals surface area contributed by atoms with Gasteiger partial charge < -0.3 is 9.79 Å². The van der Waals surface area contributed by atoms with Crippen LogP contribution in [-0.2, 0) is 9.09 Å². The number of hydrogen-bond acceptors (Lipinski definition) is 3. The minimum atomic E-state index is -4.30. The Labute approximate surface area is 85.3 Å². The van der Waals surface area contributed by atoms with E-state index >= 15 is 0 Å². The van der Waals surface area contributed by atoms with Crippen molar-refractivity contribution in [1.82, 2.24) is 4.90 Å². The average molecular weight is 225 g/mol. The molecule has 0 heterocycles. The van der Waals surface area contributed by atoms with Gasteiger partial charge in [-0.1, -0.05) is 13.8 Å². The second-order valence-electron chi connectivity index (χ2n) is 3.21. The van der Waals surface area contributed by atoms with Crippen LogP contribution in [0.1, 0.15) is 27.2 Å². The van der Waals surface area contributed by atoms with Gasteiger partial charge in [0, 0.05) is 12.6 Å². The molecule has 0 amide bonds. The fourth-order valence-corrected chi connectivity index (χ4v) is 1.54. The first kappa shape index (κ1) is 14.1. The number of nitrogens with zero attached hydrogens (tertiary/aromatic N) is 1. The molecule has 1 unspecified atom stereocenters. The molecule has 0 aliphatic carbocycles. The third-order valence-electron chi connectivity index (χ3n) is 2.26. The number of phosphoric acid groups is 1. The van der Waals surface area contributed by atoms with Gasteiger partial charge in [0.2, 0.25) is 0 Å². The van der Waals surface area contributed by atoms with E-state index in [2.05, 4.69) is 23.3 Å². The second-order valence-corrected chi connectivity index (χ2v) is 4.45. The lowest BCUT2D eigenvalue weighted by molar-refractivity contribution is 0.142. The maximum atomic E-state index is 10.4. The lowest BCUT2D eigenvalue weighted by Gasteiger charge is -2.26. The van der Waals surface area contributed by atoms with Crippen molar-refractivity contribution in [2.45, 2.75) is 33.2 Å². The standard InChI is InChI=1S/C8H20NO4P/c1-4-8(3)9(5-2)6-7-13-14(10,11)12/h8H,4-7H2,1-3H3,(H2,10,11,12). The lowest BCUT2D eigenvalue weighted by Crippen LogP contribution is -2.35. The molecule has 0 aromatic heterocycles. The van der Waals surface area contributed by atoms with E-state index in [0.29, 0.717) is 12.6 Å². The summed E-state index contributed by atoms with van der Waals surface area (Å²) in [4.78, 5) is 19.1. The number of likely N-dealkylation sites (N-methyl/N-ethyl adjacent to an activating group) is 1. The Morgan fingerprint density at radius 3 is 2.36 bits per heavy atom. The van der Waals surface area contributed by atoms with Gasteiger partial charge in [-0.15, -0.1) is 0 Å². The van der Waals surface area contributed by atoms with E-state index in [4.69, 9.17) is 9.79 Å². The molecule has 0 fully saturated rings. The molecule has 0 aromatic carbocycles. The molecule has 0 aliphatic rings. The molecule has 6 heteroatoms. The van der Waals surface area contributed by atoms with Crippen molar-refractivity contribution in [1.29, 1.82) is 0 Å². The van der Waals surface area contributed by atoms with E-state index in [0.717, 1.165) is 13.0 Å². The Morgan fingerprint density at radius 1 is 1.43 bits per heavy atom. The van der Waals surface area contributed by atoms with E-state index in [1.807, 2.05) is 6.92 Å². The third kappa shape index (κ3) is 6.51. The molecule has 0 spiro atoms.